The zero-order valence-corrected chi connectivity index (χ0v) is 20.7. The summed E-state index contributed by atoms with van der Waals surface area (Å²) in [7, 11) is 0. The number of carbonyl (C=O) groups is 3. The molecule has 1 fully saturated rings. The van der Waals surface area contributed by atoms with Gasteiger partial charge in [-0.1, -0.05) is 6.07 Å². The number of thioether (sulfide) groups is 1. The van der Waals surface area contributed by atoms with Crippen molar-refractivity contribution in [1.82, 2.24) is 4.90 Å². The normalized spacial score (nSPS) is 14.3. The highest BCUT2D eigenvalue weighted by Crippen LogP contribution is 2.39. The van der Waals surface area contributed by atoms with Gasteiger partial charge >= 0.3 is 11.7 Å². The smallest absolute Gasteiger partial charge is 0.326 e. The van der Waals surface area contributed by atoms with Gasteiger partial charge in [-0.15, -0.1) is 0 Å². The first kappa shape index (κ1) is 27.1. The monoisotopic (exact) mass is 531 g/mol. The molecule has 2 aromatic rings. The van der Waals surface area contributed by atoms with Crippen molar-refractivity contribution in [3.05, 3.63) is 67.1 Å². The molecule has 0 aromatic heterocycles. The summed E-state index contributed by atoms with van der Waals surface area (Å²) in [5, 5.41) is 21.8. The Hall–Kier alpha value is -4.46. The lowest BCUT2D eigenvalue weighted by atomic mass is 10.1. The fraction of sp³-hybridized carbons (Fsp3) is 0.261. The standard InChI is InChI=1S/C23H21N3O10S/c1-4-34-19-9-14(10-20-22(28)24(23(29)37-20)12-21(27)35-13(2)3)5-7-18(19)36-17-8-6-15(25(30)31)11-16(17)26(32)33/h5-11,13H,4,12H2,1-3H3/b20-10+. The first-order valence-corrected chi connectivity index (χ1v) is 11.6. The van der Waals surface area contributed by atoms with Crippen LogP contribution >= 0.6 is 11.8 Å². The molecule has 2 aromatic carbocycles. The van der Waals surface area contributed by atoms with Crippen LogP contribution in [-0.2, 0) is 14.3 Å². The average molecular weight is 531 g/mol. The number of nitro benzene ring substituents is 2. The van der Waals surface area contributed by atoms with E-state index in [2.05, 4.69) is 0 Å². The number of nitro groups is 2. The van der Waals surface area contributed by atoms with Gasteiger partial charge < -0.3 is 14.2 Å². The van der Waals surface area contributed by atoms with Gasteiger partial charge in [-0.3, -0.25) is 39.5 Å². The van der Waals surface area contributed by atoms with E-state index in [0.29, 0.717) is 17.3 Å². The molecule has 0 spiro atoms. The molecule has 0 bridgehead atoms. The number of hydrogen-bond donors (Lipinski definition) is 0. The molecule has 0 radical (unpaired) electrons. The molecule has 1 saturated heterocycles. The lowest BCUT2D eigenvalue weighted by molar-refractivity contribution is -0.394. The highest BCUT2D eigenvalue weighted by Gasteiger charge is 2.37. The van der Waals surface area contributed by atoms with Crippen LogP contribution in [0, 0.1) is 20.2 Å². The Bertz CT molecular complexity index is 1310. The van der Waals surface area contributed by atoms with Crippen LogP contribution in [0.4, 0.5) is 16.2 Å². The molecule has 0 N–H and O–H groups in total. The average Bonchev–Trinajstić information content (AvgIpc) is 3.07. The second-order valence-electron chi connectivity index (χ2n) is 7.71. The molecule has 13 nitrogen and oxygen atoms in total. The van der Waals surface area contributed by atoms with Crippen molar-refractivity contribution in [1.29, 1.82) is 0 Å². The summed E-state index contributed by atoms with van der Waals surface area (Å²) >= 11 is 0.661. The third kappa shape index (κ3) is 6.61. The van der Waals surface area contributed by atoms with Gasteiger partial charge in [0, 0.05) is 6.07 Å². The third-order valence-corrected chi connectivity index (χ3v) is 5.57. The number of amides is 2. The summed E-state index contributed by atoms with van der Waals surface area (Å²) in [5.74, 6) is -1.35. The van der Waals surface area contributed by atoms with E-state index in [9.17, 15) is 34.6 Å². The highest BCUT2D eigenvalue weighted by atomic mass is 32.2. The molecule has 0 aliphatic carbocycles. The second kappa shape index (κ2) is 11.5. The summed E-state index contributed by atoms with van der Waals surface area (Å²) < 4.78 is 16.2. The summed E-state index contributed by atoms with van der Waals surface area (Å²) in [6, 6.07) is 7.43. The topological polar surface area (TPSA) is 168 Å². The molecule has 37 heavy (non-hydrogen) atoms. The summed E-state index contributed by atoms with van der Waals surface area (Å²) in [5.41, 5.74) is -0.625. The zero-order chi connectivity index (χ0) is 27.3. The van der Waals surface area contributed by atoms with Gasteiger partial charge in [-0.25, -0.2) is 0 Å². The first-order chi connectivity index (χ1) is 17.5. The van der Waals surface area contributed by atoms with Crippen LogP contribution in [0.2, 0.25) is 0 Å². The Kier molecular flexibility index (Phi) is 8.45. The van der Waals surface area contributed by atoms with Crippen molar-refractivity contribution in [2.45, 2.75) is 26.9 Å². The highest BCUT2D eigenvalue weighted by molar-refractivity contribution is 8.18. The Morgan fingerprint density at radius 1 is 1.05 bits per heavy atom. The summed E-state index contributed by atoms with van der Waals surface area (Å²) in [4.78, 5) is 58.5. The van der Waals surface area contributed by atoms with Crippen LogP contribution in [0.25, 0.3) is 6.08 Å². The largest absolute Gasteiger partial charge is 0.490 e. The van der Waals surface area contributed by atoms with Gasteiger partial charge in [0.05, 0.1) is 33.5 Å². The van der Waals surface area contributed by atoms with Crippen LogP contribution in [0.5, 0.6) is 17.2 Å². The Balaban J connectivity index is 1.87. The van der Waals surface area contributed by atoms with Gasteiger partial charge in [-0.05, 0) is 62.4 Å². The molecule has 1 heterocycles. The first-order valence-electron chi connectivity index (χ1n) is 10.8. The van der Waals surface area contributed by atoms with Gasteiger partial charge in [0.15, 0.2) is 11.5 Å². The maximum Gasteiger partial charge on any atom is 0.326 e. The minimum atomic E-state index is -0.801. The predicted molar refractivity (Wildman–Crippen MR) is 131 cm³/mol. The maximum absolute atomic E-state index is 12.7. The van der Waals surface area contributed by atoms with E-state index < -0.39 is 51.0 Å². The number of esters is 1. The quantitative estimate of drug-likeness (QED) is 0.180. The number of nitrogens with zero attached hydrogens (tertiary/aromatic N) is 3. The maximum atomic E-state index is 12.7. The lowest BCUT2D eigenvalue weighted by Crippen LogP contribution is -2.35. The lowest BCUT2D eigenvalue weighted by Gasteiger charge is -2.13. The fourth-order valence-corrected chi connectivity index (χ4v) is 3.99. The van der Waals surface area contributed by atoms with Crippen molar-refractivity contribution < 1.29 is 38.4 Å². The van der Waals surface area contributed by atoms with E-state index >= 15 is 0 Å². The molecule has 14 heteroatoms. The number of hydrogen-bond acceptors (Lipinski definition) is 11. The fourth-order valence-electron chi connectivity index (χ4n) is 3.15. The van der Waals surface area contributed by atoms with E-state index in [-0.39, 0.29) is 28.8 Å². The van der Waals surface area contributed by atoms with Crippen molar-refractivity contribution >= 4 is 46.3 Å². The van der Waals surface area contributed by atoms with Crippen LogP contribution in [-0.4, -0.2) is 51.1 Å². The van der Waals surface area contributed by atoms with Gasteiger partial charge in [-0.2, -0.15) is 0 Å². The number of non-ortho nitro benzene ring substituents is 1. The van der Waals surface area contributed by atoms with Crippen LogP contribution in [0.3, 0.4) is 0 Å². The number of rotatable bonds is 10. The minimum absolute atomic E-state index is 0.0736. The SMILES string of the molecule is CCOc1cc(/C=C2/SC(=O)N(CC(=O)OC(C)C)C2=O)ccc1Oc1ccc([N+](=O)[O-])cc1[N+](=O)[O-]. The molecule has 194 valence electrons. The van der Waals surface area contributed by atoms with Crippen molar-refractivity contribution in [2.75, 3.05) is 13.2 Å². The molecule has 1 aliphatic rings. The Morgan fingerprint density at radius 3 is 2.38 bits per heavy atom. The summed E-state index contributed by atoms with van der Waals surface area (Å²) in [6.45, 7) is 4.69. The zero-order valence-electron chi connectivity index (χ0n) is 19.9. The Labute approximate surface area is 214 Å². The molecule has 2 amide bonds. The van der Waals surface area contributed by atoms with Crippen molar-refractivity contribution in [3.8, 4) is 17.2 Å². The number of ether oxygens (including phenoxy) is 3. The number of carbonyl (C=O) groups excluding carboxylic acids is 3. The molecule has 0 atom stereocenters. The molecular weight excluding hydrogens is 510 g/mol. The van der Waals surface area contributed by atoms with Crippen LogP contribution in [0.1, 0.15) is 26.3 Å². The molecule has 1 aliphatic heterocycles. The van der Waals surface area contributed by atoms with E-state index in [1.165, 1.54) is 24.3 Å². The minimum Gasteiger partial charge on any atom is -0.490 e. The van der Waals surface area contributed by atoms with E-state index in [4.69, 9.17) is 14.2 Å². The molecule has 0 unspecified atom stereocenters. The number of imide groups is 1. The summed E-state index contributed by atoms with van der Waals surface area (Å²) in [6.07, 6.45) is 1.03. The van der Waals surface area contributed by atoms with E-state index in [0.717, 1.165) is 23.1 Å². The second-order valence-corrected chi connectivity index (χ2v) is 8.71. The molecule has 3 rings (SSSR count). The van der Waals surface area contributed by atoms with E-state index in [1.54, 1.807) is 20.8 Å². The van der Waals surface area contributed by atoms with Crippen molar-refractivity contribution in [2.24, 2.45) is 0 Å². The number of benzene rings is 2. The van der Waals surface area contributed by atoms with Gasteiger partial charge in [0.1, 0.15) is 6.54 Å². The van der Waals surface area contributed by atoms with E-state index in [1.807, 2.05) is 0 Å². The molecule has 0 saturated carbocycles. The van der Waals surface area contributed by atoms with Crippen LogP contribution in [0.15, 0.2) is 41.3 Å². The third-order valence-electron chi connectivity index (χ3n) is 4.66. The van der Waals surface area contributed by atoms with Crippen molar-refractivity contribution in [3.63, 3.8) is 0 Å². The predicted octanol–water partition coefficient (Wildman–Crippen LogP) is 4.68. The van der Waals surface area contributed by atoms with Crippen LogP contribution < -0.4 is 9.47 Å². The molecular formula is C23H21N3O10S. The van der Waals surface area contributed by atoms with Gasteiger partial charge in [0.25, 0.3) is 16.8 Å². The van der Waals surface area contributed by atoms with Gasteiger partial charge in [0.2, 0.25) is 5.75 Å². The Morgan fingerprint density at radius 2 is 1.76 bits per heavy atom.